The Morgan fingerprint density at radius 3 is 2.45 bits per heavy atom. The summed E-state index contributed by atoms with van der Waals surface area (Å²) in [6.07, 6.45) is 1.37. The van der Waals surface area contributed by atoms with Gasteiger partial charge in [0.15, 0.2) is 0 Å². The number of aromatic hydroxyl groups is 1. The summed E-state index contributed by atoms with van der Waals surface area (Å²) in [5.41, 5.74) is 2.67. The topological polar surface area (TPSA) is 99.0 Å². The molecule has 0 saturated heterocycles. The highest BCUT2D eigenvalue weighted by atomic mass is 32.1. The molecule has 2 rings (SSSR count). The smallest absolute Gasteiger partial charge is 0.345 e. The molecule has 0 aliphatic rings. The van der Waals surface area contributed by atoms with Crippen LogP contribution in [0.1, 0.15) is 24.9 Å². The number of thiophene rings is 1. The average Bonchev–Trinajstić information content (AvgIpc) is 2.88. The molecule has 0 fully saturated rings. The molecule has 2 aromatic rings. The first kappa shape index (κ1) is 13.8. The molecule has 1 amide bonds. The van der Waals surface area contributed by atoms with E-state index < -0.39 is 11.9 Å². The lowest BCUT2D eigenvalue weighted by molar-refractivity contribution is 0.0702. The second-order valence-corrected chi connectivity index (χ2v) is 4.87. The van der Waals surface area contributed by atoms with Crippen LogP contribution >= 0.6 is 11.3 Å². The number of amides is 1. The Morgan fingerprint density at radius 1 is 1.15 bits per heavy atom. The van der Waals surface area contributed by atoms with Crippen LogP contribution in [-0.4, -0.2) is 28.3 Å². The van der Waals surface area contributed by atoms with Gasteiger partial charge in [-0.1, -0.05) is 0 Å². The number of phenolic OH excluding ortho intramolecular Hbond substituents is 1. The van der Waals surface area contributed by atoms with Crippen LogP contribution in [-0.2, 0) is 0 Å². The van der Waals surface area contributed by atoms with Crippen LogP contribution in [0.5, 0.6) is 5.75 Å². The van der Waals surface area contributed by atoms with Crippen molar-refractivity contribution >= 4 is 29.4 Å². The summed E-state index contributed by atoms with van der Waals surface area (Å²) in [5.74, 6) is -1.34. The molecule has 1 aromatic heterocycles. The fraction of sp³-hybridized carbons (Fsp3) is 0. The Balaban J connectivity index is 1.97. The number of hydrogen-bond donors (Lipinski definition) is 3. The SMILES string of the molecule is O=C(NN=Cc1ccc(C(=O)O)s1)c1ccc(O)cc1. The summed E-state index contributed by atoms with van der Waals surface area (Å²) in [7, 11) is 0. The number of carbonyl (C=O) groups excluding carboxylic acids is 1. The normalized spacial score (nSPS) is 10.6. The molecular weight excluding hydrogens is 280 g/mol. The zero-order valence-electron chi connectivity index (χ0n) is 10.1. The third-order valence-electron chi connectivity index (χ3n) is 2.32. The number of aromatic carboxylic acids is 1. The van der Waals surface area contributed by atoms with Crippen molar-refractivity contribution in [2.45, 2.75) is 0 Å². The van der Waals surface area contributed by atoms with Crippen LogP contribution in [0.25, 0.3) is 0 Å². The number of carbonyl (C=O) groups is 2. The van der Waals surface area contributed by atoms with Gasteiger partial charge in [0.05, 0.1) is 6.21 Å². The number of carboxylic acids is 1. The van der Waals surface area contributed by atoms with E-state index in [1.807, 2.05) is 0 Å². The van der Waals surface area contributed by atoms with E-state index in [2.05, 4.69) is 10.5 Å². The van der Waals surface area contributed by atoms with Gasteiger partial charge in [-0.25, -0.2) is 10.2 Å². The lowest BCUT2D eigenvalue weighted by Crippen LogP contribution is -2.17. The van der Waals surface area contributed by atoms with Gasteiger partial charge in [-0.2, -0.15) is 5.10 Å². The van der Waals surface area contributed by atoms with Crippen molar-refractivity contribution in [2.75, 3.05) is 0 Å². The minimum absolute atomic E-state index is 0.0739. The molecule has 0 spiro atoms. The van der Waals surface area contributed by atoms with E-state index >= 15 is 0 Å². The van der Waals surface area contributed by atoms with Crippen molar-refractivity contribution in [1.82, 2.24) is 5.43 Å². The Labute approximate surface area is 118 Å². The van der Waals surface area contributed by atoms with Crippen LogP contribution in [0, 0.1) is 0 Å². The minimum atomic E-state index is -0.997. The third kappa shape index (κ3) is 3.42. The zero-order valence-corrected chi connectivity index (χ0v) is 10.9. The van der Waals surface area contributed by atoms with Gasteiger partial charge in [-0.15, -0.1) is 11.3 Å². The lowest BCUT2D eigenvalue weighted by atomic mass is 10.2. The number of benzene rings is 1. The van der Waals surface area contributed by atoms with Crippen LogP contribution in [0.2, 0.25) is 0 Å². The molecule has 0 unspecified atom stereocenters. The van der Waals surface area contributed by atoms with E-state index in [1.54, 1.807) is 6.07 Å². The summed E-state index contributed by atoms with van der Waals surface area (Å²) in [5, 5.41) is 21.6. The first-order valence-electron chi connectivity index (χ1n) is 5.52. The zero-order chi connectivity index (χ0) is 14.5. The van der Waals surface area contributed by atoms with Gasteiger partial charge in [0.2, 0.25) is 0 Å². The number of hydrogen-bond acceptors (Lipinski definition) is 5. The first-order valence-corrected chi connectivity index (χ1v) is 6.33. The second-order valence-electron chi connectivity index (χ2n) is 3.75. The predicted molar refractivity (Wildman–Crippen MR) is 74.4 cm³/mol. The highest BCUT2D eigenvalue weighted by Crippen LogP contribution is 2.14. The van der Waals surface area contributed by atoms with E-state index in [-0.39, 0.29) is 10.6 Å². The molecule has 1 heterocycles. The predicted octanol–water partition coefficient (Wildman–Crippen LogP) is 1.92. The van der Waals surface area contributed by atoms with Crippen molar-refractivity contribution in [3.8, 4) is 5.75 Å². The molecule has 0 bridgehead atoms. The summed E-state index contributed by atoms with van der Waals surface area (Å²) in [6, 6.07) is 8.80. The molecule has 0 aliphatic carbocycles. The molecule has 1 aromatic carbocycles. The molecule has 0 radical (unpaired) electrons. The lowest BCUT2D eigenvalue weighted by Gasteiger charge is -1.99. The highest BCUT2D eigenvalue weighted by Gasteiger charge is 2.06. The Hall–Kier alpha value is -2.67. The fourth-order valence-electron chi connectivity index (χ4n) is 1.37. The Kier molecular flexibility index (Phi) is 4.11. The minimum Gasteiger partial charge on any atom is -0.508 e. The van der Waals surface area contributed by atoms with Crippen LogP contribution in [0.4, 0.5) is 0 Å². The van der Waals surface area contributed by atoms with Gasteiger partial charge in [0.25, 0.3) is 5.91 Å². The average molecular weight is 290 g/mol. The molecule has 6 nitrogen and oxygen atoms in total. The molecule has 0 aliphatic heterocycles. The molecular formula is C13H10N2O4S. The van der Waals surface area contributed by atoms with E-state index in [4.69, 9.17) is 10.2 Å². The van der Waals surface area contributed by atoms with Gasteiger partial charge < -0.3 is 10.2 Å². The maximum Gasteiger partial charge on any atom is 0.345 e. The number of nitrogens with zero attached hydrogens (tertiary/aromatic N) is 1. The number of nitrogens with one attached hydrogen (secondary N) is 1. The third-order valence-corrected chi connectivity index (χ3v) is 3.33. The monoisotopic (exact) mass is 290 g/mol. The van der Waals surface area contributed by atoms with E-state index in [0.29, 0.717) is 10.4 Å². The fourth-order valence-corrected chi connectivity index (χ4v) is 2.09. The van der Waals surface area contributed by atoms with Gasteiger partial charge >= 0.3 is 5.97 Å². The Bertz CT molecular complexity index is 661. The van der Waals surface area contributed by atoms with Gasteiger partial charge in [-0.3, -0.25) is 4.79 Å². The van der Waals surface area contributed by atoms with Crippen LogP contribution in [0.3, 0.4) is 0 Å². The maximum atomic E-state index is 11.7. The Morgan fingerprint density at radius 2 is 1.85 bits per heavy atom. The van der Waals surface area contributed by atoms with Crippen molar-refractivity contribution in [1.29, 1.82) is 0 Å². The summed E-state index contributed by atoms with van der Waals surface area (Å²) in [6.45, 7) is 0. The number of carboxylic acid groups (broad SMARTS) is 1. The van der Waals surface area contributed by atoms with Crippen molar-refractivity contribution in [3.63, 3.8) is 0 Å². The van der Waals surface area contributed by atoms with Gasteiger partial charge in [-0.05, 0) is 36.4 Å². The van der Waals surface area contributed by atoms with E-state index in [1.165, 1.54) is 36.5 Å². The molecule has 0 saturated carbocycles. The van der Waals surface area contributed by atoms with E-state index in [0.717, 1.165) is 11.3 Å². The number of hydrazone groups is 1. The highest BCUT2D eigenvalue weighted by molar-refractivity contribution is 7.15. The maximum absolute atomic E-state index is 11.7. The molecule has 0 atom stereocenters. The van der Waals surface area contributed by atoms with Crippen LogP contribution < -0.4 is 5.43 Å². The molecule has 102 valence electrons. The van der Waals surface area contributed by atoms with Crippen LogP contribution in [0.15, 0.2) is 41.5 Å². The van der Waals surface area contributed by atoms with Crippen molar-refractivity contribution in [2.24, 2.45) is 5.10 Å². The quantitative estimate of drug-likeness (QED) is 0.591. The van der Waals surface area contributed by atoms with Gasteiger partial charge in [0.1, 0.15) is 10.6 Å². The second kappa shape index (κ2) is 5.98. The summed E-state index contributed by atoms with van der Waals surface area (Å²) < 4.78 is 0. The first-order chi connectivity index (χ1) is 9.56. The van der Waals surface area contributed by atoms with E-state index in [9.17, 15) is 9.59 Å². The standard InChI is InChI=1S/C13H10N2O4S/c16-9-3-1-8(2-4-9)12(17)15-14-7-10-5-6-11(20-10)13(18)19/h1-7,16H,(H,15,17)(H,18,19). The number of rotatable bonds is 4. The largest absolute Gasteiger partial charge is 0.508 e. The molecule has 3 N–H and O–H groups in total. The molecule has 20 heavy (non-hydrogen) atoms. The van der Waals surface area contributed by atoms with Gasteiger partial charge in [0, 0.05) is 10.4 Å². The number of phenols is 1. The summed E-state index contributed by atoms with van der Waals surface area (Å²) in [4.78, 5) is 23.2. The molecule has 7 heteroatoms. The van der Waals surface area contributed by atoms with Crippen molar-refractivity contribution in [3.05, 3.63) is 51.7 Å². The summed E-state index contributed by atoms with van der Waals surface area (Å²) >= 11 is 1.06. The van der Waals surface area contributed by atoms with Crippen molar-refractivity contribution < 1.29 is 19.8 Å².